The van der Waals surface area contributed by atoms with Crippen molar-refractivity contribution in [2.75, 3.05) is 4.90 Å². The van der Waals surface area contributed by atoms with Gasteiger partial charge in [-0.2, -0.15) is 0 Å². The van der Waals surface area contributed by atoms with E-state index in [2.05, 4.69) is 193 Å². The van der Waals surface area contributed by atoms with E-state index in [1.54, 1.807) is 0 Å². The molecule has 2 heteroatoms. The lowest BCUT2D eigenvalue weighted by Crippen LogP contribution is -2.11. The molecule has 0 aliphatic carbocycles. The zero-order chi connectivity index (χ0) is 34.4. The third-order valence-electron chi connectivity index (χ3n) is 10.3. The van der Waals surface area contributed by atoms with Crippen LogP contribution in [0.5, 0.6) is 0 Å². The van der Waals surface area contributed by atoms with E-state index < -0.39 is 0 Å². The number of para-hydroxylation sites is 2. The van der Waals surface area contributed by atoms with Crippen LogP contribution in [-0.4, -0.2) is 0 Å². The molecule has 2 nitrogen and oxygen atoms in total. The van der Waals surface area contributed by atoms with Crippen LogP contribution >= 0.6 is 0 Å². The Bertz CT molecular complexity index is 2890. The molecule has 1 aromatic heterocycles. The van der Waals surface area contributed by atoms with Gasteiger partial charge in [0.25, 0.3) is 0 Å². The Morgan fingerprint density at radius 1 is 0.327 bits per heavy atom. The number of hydrogen-bond donors (Lipinski definition) is 0. The number of fused-ring (bicyclic) bond motifs is 6. The lowest BCUT2D eigenvalue weighted by atomic mass is 9.95. The van der Waals surface area contributed by atoms with Gasteiger partial charge < -0.3 is 9.32 Å². The van der Waals surface area contributed by atoms with E-state index in [0.29, 0.717) is 0 Å². The predicted octanol–water partition coefficient (Wildman–Crippen LogP) is 14.4. The molecule has 0 atom stereocenters. The quantitative estimate of drug-likeness (QED) is 0.176. The third kappa shape index (κ3) is 5.12. The molecule has 0 amide bonds. The first-order valence-electron chi connectivity index (χ1n) is 17.8. The molecular formula is C50H33NO. The molecule has 0 aliphatic heterocycles. The van der Waals surface area contributed by atoms with Crippen LogP contribution in [0.25, 0.3) is 76.9 Å². The molecule has 0 saturated heterocycles. The second kappa shape index (κ2) is 12.5. The predicted molar refractivity (Wildman–Crippen MR) is 220 cm³/mol. The lowest BCUT2D eigenvalue weighted by molar-refractivity contribution is 0.669. The summed E-state index contributed by atoms with van der Waals surface area (Å²) in [6, 6.07) is 71.7. The molecule has 0 spiro atoms. The van der Waals surface area contributed by atoms with Crippen LogP contribution in [-0.2, 0) is 0 Å². The van der Waals surface area contributed by atoms with E-state index in [1.807, 2.05) is 12.1 Å². The van der Waals surface area contributed by atoms with Gasteiger partial charge in [-0.25, -0.2) is 0 Å². The van der Waals surface area contributed by atoms with Gasteiger partial charge >= 0.3 is 0 Å². The molecule has 52 heavy (non-hydrogen) atoms. The van der Waals surface area contributed by atoms with Crippen LogP contribution < -0.4 is 4.90 Å². The molecule has 0 fully saturated rings. The first kappa shape index (κ1) is 30.0. The fraction of sp³-hybridized carbons (Fsp3) is 0. The average Bonchev–Trinajstić information content (AvgIpc) is 3.61. The monoisotopic (exact) mass is 663 g/mol. The molecule has 10 aromatic rings. The van der Waals surface area contributed by atoms with Gasteiger partial charge in [-0.15, -0.1) is 0 Å². The maximum absolute atomic E-state index is 6.22. The zero-order valence-electron chi connectivity index (χ0n) is 28.4. The summed E-state index contributed by atoms with van der Waals surface area (Å²) < 4.78 is 6.22. The Kier molecular flexibility index (Phi) is 7.18. The molecule has 0 saturated carbocycles. The Morgan fingerprint density at radius 3 is 1.77 bits per heavy atom. The second-order valence-corrected chi connectivity index (χ2v) is 13.3. The second-order valence-electron chi connectivity index (χ2n) is 13.3. The number of rotatable bonds is 6. The molecule has 10 rings (SSSR count). The summed E-state index contributed by atoms with van der Waals surface area (Å²) in [5.41, 5.74) is 12.3. The molecule has 0 aliphatic rings. The van der Waals surface area contributed by atoms with Gasteiger partial charge in [0.05, 0.1) is 5.69 Å². The zero-order valence-corrected chi connectivity index (χ0v) is 28.4. The molecule has 1 heterocycles. The van der Waals surface area contributed by atoms with Crippen molar-refractivity contribution in [2.45, 2.75) is 0 Å². The number of anilines is 3. The minimum absolute atomic E-state index is 0.917. The Balaban J connectivity index is 1.08. The first-order chi connectivity index (χ1) is 25.8. The van der Waals surface area contributed by atoms with Crippen molar-refractivity contribution in [1.82, 2.24) is 0 Å². The standard InChI is InChI=1S/C50H33NO/c1-2-12-36(13-3-1)43-15-6-8-19-47(43)51(40-27-23-35(24-28-40)39-22-21-34-11-4-5-14-38(34)33-39)41-29-25-37(26-30-41)42-17-10-18-45-44(42)31-32-49-50(45)46-16-7-9-20-48(46)52-49/h1-33H. The number of benzene rings is 9. The van der Waals surface area contributed by atoms with Gasteiger partial charge in [0.2, 0.25) is 0 Å². The van der Waals surface area contributed by atoms with Gasteiger partial charge in [-0.05, 0) is 97.9 Å². The Morgan fingerprint density at radius 2 is 0.942 bits per heavy atom. The van der Waals surface area contributed by atoms with Crippen LogP contribution in [0.4, 0.5) is 17.1 Å². The van der Waals surface area contributed by atoms with E-state index >= 15 is 0 Å². The molecule has 0 unspecified atom stereocenters. The van der Waals surface area contributed by atoms with Crippen molar-refractivity contribution in [1.29, 1.82) is 0 Å². The van der Waals surface area contributed by atoms with Crippen molar-refractivity contribution < 1.29 is 4.42 Å². The molecule has 244 valence electrons. The highest BCUT2D eigenvalue weighted by Crippen LogP contribution is 2.43. The Hall–Kier alpha value is -6.90. The Labute approximate surface area is 302 Å². The lowest BCUT2D eigenvalue weighted by Gasteiger charge is -2.28. The van der Waals surface area contributed by atoms with Crippen molar-refractivity contribution in [2.24, 2.45) is 0 Å². The van der Waals surface area contributed by atoms with Crippen LogP contribution in [0.3, 0.4) is 0 Å². The highest BCUT2D eigenvalue weighted by molar-refractivity contribution is 6.20. The van der Waals surface area contributed by atoms with Crippen LogP contribution in [0, 0.1) is 0 Å². The summed E-state index contributed by atoms with van der Waals surface area (Å²) in [5.74, 6) is 0. The summed E-state index contributed by atoms with van der Waals surface area (Å²) in [6.45, 7) is 0. The number of nitrogens with zero attached hydrogens (tertiary/aromatic N) is 1. The highest BCUT2D eigenvalue weighted by Gasteiger charge is 2.18. The van der Waals surface area contributed by atoms with E-state index in [0.717, 1.165) is 33.6 Å². The largest absolute Gasteiger partial charge is 0.456 e. The van der Waals surface area contributed by atoms with Crippen LogP contribution in [0.2, 0.25) is 0 Å². The van der Waals surface area contributed by atoms with Crippen molar-refractivity contribution >= 4 is 60.5 Å². The van der Waals surface area contributed by atoms with Crippen molar-refractivity contribution in [3.05, 3.63) is 200 Å². The molecule has 9 aromatic carbocycles. The number of hydrogen-bond acceptors (Lipinski definition) is 2. The topological polar surface area (TPSA) is 16.4 Å². The maximum atomic E-state index is 6.22. The summed E-state index contributed by atoms with van der Waals surface area (Å²) in [7, 11) is 0. The molecular weight excluding hydrogens is 631 g/mol. The normalized spacial score (nSPS) is 11.5. The van der Waals surface area contributed by atoms with E-state index in [1.165, 1.54) is 60.3 Å². The maximum Gasteiger partial charge on any atom is 0.136 e. The van der Waals surface area contributed by atoms with Gasteiger partial charge in [-0.1, -0.05) is 152 Å². The van der Waals surface area contributed by atoms with Gasteiger partial charge in [0.15, 0.2) is 0 Å². The average molecular weight is 664 g/mol. The van der Waals surface area contributed by atoms with Crippen molar-refractivity contribution in [3.8, 4) is 33.4 Å². The van der Waals surface area contributed by atoms with Crippen molar-refractivity contribution in [3.63, 3.8) is 0 Å². The highest BCUT2D eigenvalue weighted by atomic mass is 16.3. The molecule has 0 bridgehead atoms. The number of furan rings is 1. The van der Waals surface area contributed by atoms with Gasteiger partial charge in [-0.3, -0.25) is 0 Å². The SMILES string of the molecule is c1ccc(-c2ccccc2N(c2ccc(-c3ccc4ccccc4c3)cc2)c2ccc(-c3cccc4c3ccc3oc5ccccc5c34)cc2)cc1. The van der Waals surface area contributed by atoms with Crippen LogP contribution in [0.15, 0.2) is 205 Å². The first-order valence-corrected chi connectivity index (χ1v) is 17.8. The van der Waals surface area contributed by atoms with Gasteiger partial charge in [0, 0.05) is 27.7 Å². The summed E-state index contributed by atoms with van der Waals surface area (Å²) in [5, 5.41) is 7.23. The summed E-state index contributed by atoms with van der Waals surface area (Å²) >= 11 is 0. The minimum atomic E-state index is 0.917. The van der Waals surface area contributed by atoms with E-state index in [-0.39, 0.29) is 0 Å². The van der Waals surface area contributed by atoms with Crippen LogP contribution in [0.1, 0.15) is 0 Å². The smallest absolute Gasteiger partial charge is 0.136 e. The van der Waals surface area contributed by atoms with E-state index in [4.69, 9.17) is 4.42 Å². The molecule has 0 N–H and O–H groups in total. The van der Waals surface area contributed by atoms with Gasteiger partial charge in [0.1, 0.15) is 11.2 Å². The third-order valence-corrected chi connectivity index (χ3v) is 10.3. The fourth-order valence-electron chi connectivity index (χ4n) is 7.75. The van der Waals surface area contributed by atoms with E-state index in [9.17, 15) is 0 Å². The molecule has 0 radical (unpaired) electrons. The summed E-state index contributed by atoms with van der Waals surface area (Å²) in [4.78, 5) is 2.38. The summed E-state index contributed by atoms with van der Waals surface area (Å²) in [6.07, 6.45) is 0. The minimum Gasteiger partial charge on any atom is -0.456 e. The fourth-order valence-corrected chi connectivity index (χ4v) is 7.75.